The van der Waals surface area contributed by atoms with Gasteiger partial charge >= 0.3 is 0 Å². The number of anilines is 1. The summed E-state index contributed by atoms with van der Waals surface area (Å²) < 4.78 is 0. The Hall–Kier alpha value is -2.31. The molecule has 1 unspecified atom stereocenters. The lowest BCUT2D eigenvalue weighted by Crippen LogP contribution is -2.29. The number of aldehydes is 1. The number of halogens is 1. The highest BCUT2D eigenvalue weighted by Gasteiger charge is 2.20. The smallest absolute Gasteiger partial charge is 0.261 e. The molecule has 1 atom stereocenters. The standard InChI is InChI=1S/C25H31ClN2O3S/c1-4-7-23(32-17-26)24(30)27-22-9-6-8-20(21(22)16-29)25(31)28(3)15-14-19-12-10-18(5-2)11-13-19/h6-10,12-13,16,18H,4-5,11,14-15,17H2,1-3H3,(H,27,30)/b23-7-. The molecule has 5 nitrogen and oxygen atoms in total. The Balaban J connectivity index is 2.12. The molecule has 7 heteroatoms. The van der Waals surface area contributed by atoms with Crippen LogP contribution in [0.2, 0.25) is 0 Å². The summed E-state index contributed by atoms with van der Waals surface area (Å²) in [5, 5.41) is 3.00. The van der Waals surface area contributed by atoms with E-state index in [2.05, 4.69) is 30.5 Å². The van der Waals surface area contributed by atoms with Crippen molar-refractivity contribution in [3.8, 4) is 0 Å². The minimum atomic E-state index is -0.347. The molecule has 0 saturated carbocycles. The molecule has 0 fully saturated rings. The van der Waals surface area contributed by atoms with E-state index in [-0.39, 0.29) is 28.2 Å². The van der Waals surface area contributed by atoms with E-state index in [4.69, 9.17) is 11.6 Å². The van der Waals surface area contributed by atoms with Crippen LogP contribution in [0.4, 0.5) is 5.69 Å². The maximum absolute atomic E-state index is 13.1. The van der Waals surface area contributed by atoms with Gasteiger partial charge in [-0.15, -0.1) is 23.4 Å². The number of nitrogens with one attached hydrogen (secondary N) is 1. The van der Waals surface area contributed by atoms with Crippen LogP contribution in [-0.2, 0) is 4.79 Å². The van der Waals surface area contributed by atoms with Crippen LogP contribution in [-0.4, -0.2) is 41.8 Å². The molecule has 0 radical (unpaired) electrons. The van der Waals surface area contributed by atoms with Crippen LogP contribution in [0.1, 0.15) is 60.2 Å². The number of thioether (sulfide) groups is 1. The third kappa shape index (κ3) is 7.10. The predicted molar refractivity (Wildman–Crippen MR) is 134 cm³/mol. The van der Waals surface area contributed by atoms with Crippen LogP contribution in [0.3, 0.4) is 0 Å². The molecule has 1 aliphatic rings. The molecule has 1 aliphatic carbocycles. The average Bonchev–Trinajstić information content (AvgIpc) is 2.82. The highest BCUT2D eigenvalue weighted by Crippen LogP contribution is 2.25. The maximum Gasteiger partial charge on any atom is 0.261 e. The monoisotopic (exact) mass is 474 g/mol. The molecular weight excluding hydrogens is 444 g/mol. The molecule has 0 bridgehead atoms. The summed E-state index contributed by atoms with van der Waals surface area (Å²) in [6.45, 7) is 4.64. The van der Waals surface area contributed by atoms with Gasteiger partial charge in [-0.05, 0) is 43.7 Å². The van der Waals surface area contributed by atoms with Crippen LogP contribution < -0.4 is 5.32 Å². The molecule has 1 aromatic rings. The number of hydrogen-bond donors (Lipinski definition) is 1. The van der Waals surface area contributed by atoms with Gasteiger partial charge in [-0.1, -0.05) is 49.8 Å². The average molecular weight is 475 g/mol. The molecule has 2 rings (SSSR count). The van der Waals surface area contributed by atoms with Crippen LogP contribution in [0.25, 0.3) is 0 Å². The Morgan fingerprint density at radius 1 is 1.31 bits per heavy atom. The molecule has 2 amide bonds. The van der Waals surface area contributed by atoms with Crippen LogP contribution in [0.15, 0.2) is 53.0 Å². The van der Waals surface area contributed by atoms with E-state index in [1.807, 2.05) is 6.92 Å². The van der Waals surface area contributed by atoms with E-state index in [0.29, 0.717) is 35.8 Å². The van der Waals surface area contributed by atoms with Gasteiger partial charge < -0.3 is 10.2 Å². The van der Waals surface area contributed by atoms with Gasteiger partial charge in [0.05, 0.1) is 26.9 Å². The first kappa shape index (κ1) is 25.9. The summed E-state index contributed by atoms with van der Waals surface area (Å²) in [5.41, 5.74) is 1.97. The molecule has 32 heavy (non-hydrogen) atoms. The highest BCUT2D eigenvalue weighted by molar-refractivity contribution is 8.05. The van der Waals surface area contributed by atoms with Crippen molar-refractivity contribution in [2.45, 2.75) is 39.5 Å². The van der Waals surface area contributed by atoms with Crippen molar-refractivity contribution in [3.05, 3.63) is 64.1 Å². The largest absolute Gasteiger partial charge is 0.341 e. The lowest BCUT2D eigenvalue weighted by atomic mass is 9.93. The maximum atomic E-state index is 13.1. The zero-order chi connectivity index (χ0) is 23.5. The zero-order valence-electron chi connectivity index (χ0n) is 18.9. The minimum Gasteiger partial charge on any atom is -0.341 e. The molecule has 0 aliphatic heterocycles. The number of amides is 2. The first-order valence-electron chi connectivity index (χ1n) is 10.9. The molecule has 0 heterocycles. The van der Waals surface area contributed by atoms with Gasteiger partial charge in [0.15, 0.2) is 6.29 Å². The Labute approximate surface area is 200 Å². The van der Waals surface area contributed by atoms with Crippen molar-refractivity contribution >= 4 is 47.2 Å². The fourth-order valence-corrected chi connectivity index (χ4v) is 4.37. The third-order valence-electron chi connectivity index (χ3n) is 5.40. The highest BCUT2D eigenvalue weighted by atomic mass is 35.5. The number of allylic oxidation sites excluding steroid dienone is 4. The van der Waals surface area contributed by atoms with Crippen LogP contribution in [0, 0.1) is 5.92 Å². The first-order chi connectivity index (χ1) is 15.4. The number of rotatable bonds is 11. The molecular formula is C25H31ClN2O3S. The lowest BCUT2D eigenvalue weighted by Gasteiger charge is -2.21. The Morgan fingerprint density at radius 3 is 2.69 bits per heavy atom. The second-order valence-corrected chi connectivity index (χ2v) is 9.19. The molecule has 0 aromatic heterocycles. The molecule has 172 valence electrons. The van der Waals surface area contributed by atoms with E-state index in [1.54, 1.807) is 36.2 Å². The van der Waals surface area contributed by atoms with Crippen molar-refractivity contribution < 1.29 is 14.4 Å². The lowest BCUT2D eigenvalue weighted by molar-refractivity contribution is -0.112. The Morgan fingerprint density at radius 2 is 2.09 bits per heavy atom. The number of carbonyl (C=O) groups excluding carboxylic acids is 3. The normalized spacial score (nSPS) is 15.8. The van der Waals surface area contributed by atoms with Crippen molar-refractivity contribution in [2.75, 3.05) is 24.1 Å². The van der Waals surface area contributed by atoms with Gasteiger partial charge in [-0.25, -0.2) is 0 Å². The Bertz CT molecular complexity index is 924. The summed E-state index contributed by atoms with van der Waals surface area (Å²) in [6.07, 6.45) is 12.6. The summed E-state index contributed by atoms with van der Waals surface area (Å²) in [5.74, 6) is -0.00354. The van der Waals surface area contributed by atoms with Crippen LogP contribution >= 0.6 is 23.4 Å². The van der Waals surface area contributed by atoms with Crippen molar-refractivity contribution in [2.24, 2.45) is 5.92 Å². The number of alkyl halides is 1. The molecule has 1 N–H and O–H groups in total. The van der Waals surface area contributed by atoms with E-state index >= 15 is 0 Å². The minimum absolute atomic E-state index is 0.173. The van der Waals surface area contributed by atoms with E-state index < -0.39 is 0 Å². The molecule has 0 spiro atoms. The van der Waals surface area contributed by atoms with Crippen molar-refractivity contribution in [1.29, 1.82) is 0 Å². The van der Waals surface area contributed by atoms with E-state index in [1.165, 1.54) is 17.3 Å². The number of hydrogen-bond acceptors (Lipinski definition) is 4. The van der Waals surface area contributed by atoms with Crippen molar-refractivity contribution in [3.63, 3.8) is 0 Å². The topological polar surface area (TPSA) is 66.5 Å². The molecule has 0 saturated heterocycles. The third-order valence-corrected chi connectivity index (χ3v) is 6.50. The number of carbonyl (C=O) groups is 3. The van der Waals surface area contributed by atoms with Gasteiger partial charge in [0.1, 0.15) is 0 Å². The summed E-state index contributed by atoms with van der Waals surface area (Å²) in [7, 11) is 1.73. The number of benzene rings is 1. The van der Waals surface area contributed by atoms with Crippen molar-refractivity contribution in [1.82, 2.24) is 4.90 Å². The summed E-state index contributed by atoms with van der Waals surface area (Å²) in [6, 6.07) is 4.90. The molecule has 1 aromatic carbocycles. The summed E-state index contributed by atoms with van der Waals surface area (Å²) in [4.78, 5) is 39.6. The van der Waals surface area contributed by atoms with Gasteiger partial charge in [0, 0.05) is 13.6 Å². The second-order valence-electron chi connectivity index (χ2n) is 7.59. The SMILES string of the molecule is CC/C=C(\SCCl)C(=O)Nc1cccc(C(=O)N(C)CCC2=CCC(CC)C=C2)c1C=O. The van der Waals surface area contributed by atoms with Gasteiger partial charge in [-0.2, -0.15) is 0 Å². The fourth-order valence-electron chi connectivity index (χ4n) is 3.43. The quantitative estimate of drug-likeness (QED) is 0.241. The predicted octanol–water partition coefficient (Wildman–Crippen LogP) is 6.04. The number of nitrogens with zero attached hydrogens (tertiary/aromatic N) is 1. The van der Waals surface area contributed by atoms with E-state index in [9.17, 15) is 14.4 Å². The van der Waals surface area contributed by atoms with Gasteiger partial charge in [-0.3, -0.25) is 14.4 Å². The summed E-state index contributed by atoms with van der Waals surface area (Å²) >= 11 is 6.99. The van der Waals surface area contributed by atoms with Crippen LogP contribution in [0.5, 0.6) is 0 Å². The second kappa shape index (κ2) is 13.3. The Kier molecular flexibility index (Phi) is 10.8. The van der Waals surface area contributed by atoms with Gasteiger partial charge in [0.25, 0.3) is 11.8 Å². The first-order valence-corrected chi connectivity index (χ1v) is 12.4. The fraction of sp³-hybridized carbons (Fsp3) is 0.400. The van der Waals surface area contributed by atoms with Gasteiger partial charge in [0.2, 0.25) is 0 Å². The zero-order valence-corrected chi connectivity index (χ0v) is 20.5. The van der Waals surface area contributed by atoms with E-state index in [0.717, 1.165) is 19.3 Å².